The van der Waals surface area contributed by atoms with E-state index in [1.807, 2.05) is 25.1 Å². The van der Waals surface area contributed by atoms with Crippen LogP contribution in [0.5, 0.6) is 0 Å². The van der Waals surface area contributed by atoms with Gasteiger partial charge in [0.15, 0.2) is 0 Å². The molecular formula is C13H19NO2S. The summed E-state index contributed by atoms with van der Waals surface area (Å²) in [5.74, 6) is 0.282. The van der Waals surface area contributed by atoms with Crippen LogP contribution < -0.4 is 4.31 Å². The van der Waals surface area contributed by atoms with Gasteiger partial charge in [-0.1, -0.05) is 25.1 Å². The third-order valence-electron chi connectivity index (χ3n) is 3.30. The molecule has 0 spiro atoms. The lowest BCUT2D eigenvalue weighted by molar-refractivity contribution is 0.574. The molecule has 0 unspecified atom stereocenters. The van der Waals surface area contributed by atoms with Gasteiger partial charge in [-0.05, 0) is 37.3 Å². The van der Waals surface area contributed by atoms with Crippen LogP contribution in [0.4, 0.5) is 5.69 Å². The van der Waals surface area contributed by atoms with Crippen molar-refractivity contribution >= 4 is 15.7 Å². The summed E-state index contributed by atoms with van der Waals surface area (Å²) in [6.07, 6.45) is 2.60. The Morgan fingerprint density at radius 3 is 2.71 bits per heavy atom. The Hall–Kier alpha value is -1.03. The first-order valence-corrected chi connectivity index (χ1v) is 7.76. The molecule has 1 saturated heterocycles. The number of nitrogens with zero attached hydrogens (tertiary/aromatic N) is 1. The summed E-state index contributed by atoms with van der Waals surface area (Å²) in [7, 11) is -3.10. The van der Waals surface area contributed by atoms with E-state index in [9.17, 15) is 8.42 Å². The van der Waals surface area contributed by atoms with Crippen molar-refractivity contribution in [3.8, 4) is 0 Å². The van der Waals surface area contributed by atoms with Crippen LogP contribution in [0.1, 0.15) is 30.9 Å². The van der Waals surface area contributed by atoms with Crippen molar-refractivity contribution in [3.05, 3.63) is 29.3 Å². The van der Waals surface area contributed by atoms with E-state index in [0.29, 0.717) is 6.54 Å². The molecule has 0 radical (unpaired) electrons. The van der Waals surface area contributed by atoms with E-state index < -0.39 is 10.0 Å². The summed E-state index contributed by atoms with van der Waals surface area (Å²) in [6, 6.07) is 6.00. The average Bonchev–Trinajstić information content (AvgIpc) is 2.29. The Balaban J connectivity index is 2.52. The molecule has 0 saturated carbocycles. The predicted octanol–water partition coefficient (Wildman–Crippen LogP) is 2.49. The second-order valence-electron chi connectivity index (χ2n) is 4.53. The molecule has 0 amide bonds. The molecule has 1 aliphatic heterocycles. The van der Waals surface area contributed by atoms with Gasteiger partial charge < -0.3 is 0 Å². The van der Waals surface area contributed by atoms with E-state index in [-0.39, 0.29) is 5.75 Å². The molecule has 1 aliphatic rings. The summed E-state index contributed by atoms with van der Waals surface area (Å²) in [5.41, 5.74) is 3.08. The van der Waals surface area contributed by atoms with Crippen molar-refractivity contribution in [2.75, 3.05) is 16.6 Å². The maximum absolute atomic E-state index is 12.1. The molecule has 0 atom stereocenters. The van der Waals surface area contributed by atoms with Gasteiger partial charge in [0.2, 0.25) is 10.0 Å². The largest absolute Gasteiger partial charge is 0.270 e. The van der Waals surface area contributed by atoms with Crippen molar-refractivity contribution in [1.29, 1.82) is 0 Å². The monoisotopic (exact) mass is 253 g/mol. The van der Waals surface area contributed by atoms with Gasteiger partial charge in [-0.25, -0.2) is 8.42 Å². The first kappa shape index (κ1) is 12.4. The number of anilines is 1. The highest BCUT2D eigenvalue weighted by Gasteiger charge is 2.28. The maximum atomic E-state index is 12.1. The van der Waals surface area contributed by atoms with Crippen LogP contribution in [0, 0.1) is 6.92 Å². The van der Waals surface area contributed by atoms with E-state index in [4.69, 9.17) is 0 Å². The van der Waals surface area contributed by atoms with Crippen molar-refractivity contribution in [2.45, 2.75) is 33.1 Å². The molecule has 0 aliphatic carbocycles. The highest BCUT2D eigenvalue weighted by molar-refractivity contribution is 7.92. The van der Waals surface area contributed by atoms with Crippen LogP contribution >= 0.6 is 0 Å². The minimum Gasteiger partial charge on any atom is -0.270 e. The predicted molar refractivity (Wildman–Crippen MR) is 70.9 cm³/mol. The Morgan fingerprint density at radius 2 is 2.06 bits per heavy atom. The molecular weight excluding hydrogens is 234 g/mol. The Kier molecular flexibility index (Phi) is 3.43. The molecule has 1 fully saturated rings. The normalized spacial score (nSPS) is 19.3. The Morgan fingerprint density at radius 1 is 1.29 bits per heavy atom. The number of para-hydroxylation sites is 1. The van der Waals surface area contributed by atoms with E-state index in [1.54, 1.807) is 4.31 Å². The number of sulfonamides is 1. The number of hydrogen-bond acceptors (Lipinski definition) is 2. The zero-order valence-electron chi connectivity index (χ0n) is 10.4. The number of benzene rings is 1. The van der Waals surface area contributed by atoms with Crippen LogP contribution in [0.25, 0.3) is 0 Å². The first-order chi connectivity index (χ1) is 8.06. The summed E-state index contributed by atoms with van der Waals surface area (Å²) in [4.78, 5) is 0. The zero-order valence-corrected chi connectivity index (χ0v) is 11.3. The summed E-state index contributed by atoms with van der Waals surface area (Å²) >= 11 is 0. The van der Waals surface area contributed by atoms with Crippen molar-refractivity contribution < 1.29 is 8.42 Å². The standard InChI is InChI=1S/C13H19NO2S/c1-3-12-8-6-7-11(2)13(12)14-9-4-5-10-17(14,15)16/h6-8H,3-5,9-10H2,1-2H3. The lowest BCUT2D eigenvalue weighted by atomic mass is 10.1. The number of hydrogen-bond donors (Lipinski definition) is 0. The van der Waals surface area contributed by atoms with Gasteiger partial charge in [-0.15, -0.1) is 0 Å². The van der Waals surface area contributed by atoms with Crippen LogP contribution in [0.2, 0.25) is 0 Å². The fraction of sp³-hybridized carbons (Fsp3) is 0.538. The lowest BCUT2D eigenvalue weighted by Gasteiger charge is -2.31. The SMILES string of the molecule is CCc1cccc(C)c1N1CCCCS1(=O)=O. The van der Waals surface area contributed by atoms with E-state index in [1.165, 1.54) is 0 Å². The van der Waals surface area contributed by atoms with Gasteiger partial charge in [0, 0.05) is 6.54 Å². The lowest BCUT2D eigenvalue weighted by Crippen LogP contribution is -2.38. The van der Waals surface area contributed by atoms with Crippen LogP contribution in [-0.4, -0.2) is 20.7 Å². The Labute approximate surface area is 104 Å². The maximum Gasteiger partial charge on any atom is 0.235 e. The summed E-state index contributed by atoms with van der Waals surface area (Å²) in [6.45, 7) is 4.67. The molecule has 4 heteroatoms. The van der Waals surface area contributed by atoms with E-state index in [2.05, 4.69) is 6.92 Å². The van der Waals surface area contributed by atoms with Crippen LogP contribution in [0.3, 0.4) is 0 Å². The second kappa shape index (κ2) is 4.69. The van der Waals surface area contributed by atoms with Gasteiger partial charge >= 0.3 is 0 Å². The molecule has 1 aromatic carbocycles. The Bertz CT molecular complexity index is 508. The second-order valence-corrected chi connectivity index (χ2v) is 6.54. The quantitative estimate of drug-likeness (QED) is 0.812. The van der Waals surface area contributed by atoms with Gasteiger partial charge in [0.1, 0.15) is 0 Å². The van der Waals surface area contributed by atoms with Gasteiger partial charge in [-0.3, -0.25) is 4.31 Å². The van der Waals surface area contributed by atoms with Crippen molar-refractivity contribution in [3.63, 3.8) is 0 Å². The summed E-state index contributed by atoms with van der Waals surface area (Å²) in [5, 5.41) is 0. The molecule has 1 aromatic rings. The summed E-state index contributed by atoms with van der Waals surface area (Å²) < 4.78 is 25.9. The van der Waals surface area contributed by atoms with Crippen LogP contribution in [0.15, 0.2) is 18.2 Å². The molecule has 94 valence electrons. The fourth-order valence-electron chi connectivity index (χ4n) is 2.40. The van der Waals surface area contributed by atoms with Gasteiger partial charge in [0.25, 0.3) is 0 Å². The minimum absolute atomic E-state index is 0.282. The first-order valence-electron chi connectivity index (χ1n) is 6.15. The molecule has 0 N–H and O–H groups in total. The molecule has 3 nitrogen and oxygen atoms in total. The van der Waals surface area contributed by atoms with E-state index >= 15 is 0 Å². The average molecular weight is 253 g/mol. The molecule has 0 bridgehead atoms. The molecule has 0 aromatic heterocycles. The third kappa shape index (κ3) is 2.32. The molecule has 17 heavy (non-hydrogen) atoms. The topological polar surface area (TPSA) is 37.4 Å². The van der Waals surface area contributed by atoms with Gasteiger partial charge in [-0.2, -0.15) is 0 Å². The van der Waals surface area contributed by atoms with Gasteiger partial charge in [0.05, 0.1) is 11.4 Å². The minimum atomic E-state index is -3.10. The smallest absolute Gasteiger partial charge is 0.235 e. The van der Waals surface area contributed by atoms with E-state index in [0.717, 1.165) is 36.1 Å². The van der Waals surface area contributed by atoms with Crippen molar-refractivity contribution in [1.82, 2.24) is 0 Å². The molecule has 2 rings (SSSR count). The van der Waals surface area contributed by atoms with Crippen molar-refractivity contribution in [2.24, 2.45) is 0 Å². The highest BCUT2D eigenvalue weighted by atomic mass is 32.2. The van der Waals surface area contributed by atoms with Crippen LogP contribution in [-0.2, 0) is 16.4 Å². The fourth-order valence-corrected chi connectivity index (χ4v) is 4.14. The zero-order chi connectivity index (χ0) is 12.5. The highest BCUT2D eigenvalue weighted by Crippen LogP contribution is 2.30. The number of aryl methyl sites for hydroxylation is 2. The molecule has 1 heterocycles. The third-order valence-corrected chi connectivity index (χ3v) is 5.14. The number of rotatable bonds is 2.